The fraction of sp³-hybridized carbons (Fsp3) is 0.857. The summed E-state index contributed by atoms with van der Waals surface area (Å²) in [5.74, 6) is 0. The summed E-state index contributed by atoms with van der Waals surface area (Å²) in [4.78, 5) is 0. The first-order valence-corrected chi connectivity index (χ1v) is 3.42. The Hall–Kier alpha value is 1.43. The molecule has 0 amide bonds. The van der Waals surface area contributed by atoms with Crippen molar-refractivity contribution in [2.45, 2.75) is 38.3 Å². The van der Waals surface area contributed by atoms with Crippen molar-refractivity contribution in [1.29, 1.82) is 0 Å². The van der Waals surface area contributed by atoms with E-state index in [0.29, 0.717) is 6.42 Å². The van der Waals surface area contributed by atoms with Gasteiger partial charge < -0.3 is 6.92 Å². The average molecular weight is 192 g/mol. The van der Waals surface area contributed by atoms with Crippen molar-refractivity contribution < 1.29 is 64.6 Å². The molecule has 0 aromatic heterocycles. The molecule has 0 aliphatic carbocycles. The van der Waals surface area contributed by atoms with E-state index in [0.717, 1.165) is 12.8 Å². The van der Waals surface area contributed by atoms with Crippen LogP contribution in [0.25, 0.3) is 0 Å². The van der Waals surface area contributed by atoms with Crippen molar-refractivity contribution in [1.82, 2.24) is 0 Å². The van der Waals surface area contributed by atoms with Crippen LogP contribution in [0.1, 0.15) is 32.1 Å². The van der Waals surface area contributed by atoms with Gasteiger partial charge in [-0.15, -0.1) is 0 Å². The summed E-state index contributed by atoms with van der Waals surface area (Å²) in [5, 5.41) is 0. The minimum atomic E-state index is -3.97. The zero-order chi connectivity index (χ0) is 8.04. The van der Waals surface area contributed by atoms with Crippen molar-refractivity contribution in [3.63, 3.8) is 0 Å². The normalized spacial score (nSPS) is 10.9. The number of alkyl halides is 3. The van der Waals surface area contributed by atoms with E-state index < -0.39 is 12.6 Å². The molecule has 0 heterocycles. The molecule has 0 unspecified atom stereocenters. The first-order valence-electron chi connectivity index (χ1n) is 3.42. The van der Waals surface area contributed by atoms with Crippen LogP contribution in [0.2, 0.25) is 0 Å². The maximum Gasteiger partial charge on any atom is 1.00 e. The molecule has 0 aliphatic heterocycles. The van der Waals surface area contributed by atoms with Crippen LogP contribution in [0, 0.1) is 6.92 Å². The second kappa shape index (κ2) is 8.04. The van der Waals surface area contributed by atoms with Crippen LogP contribution >= 0.6 is 0 Å². The quantitative estimate of drug-likeness (QED) is 0.342. The van der Waals surface area contributed by atoms with Gasteiger partial charge in [0.1, 0.15) is 0 Å². The van der Waals surface area contributed by atoms with E-state index in [1.165, 1.54) is 0 Å². The van der Waals surface area contributed by atoms with Crippen molar-refractivity contribution in [2.75, 3.05) is 0 Å². The van der Waals surface area contributed by atoms with Crippen molar-refractivity contribution in [3.05, 3.63) is 6.92 Å². The van der Waals surface area contributed by atoms with E-state index in [9.17, 15) is 13.2 Å². The van der Waals surface area contributed by atoms with Crippen molar-refractivity contribution in [3.8, 4) is 0 Å². The van der Waals surface area contributed by atoms with Gasteiger partial charge in [0, 0.05) is 6.42 Å². The van der Waals surface area contributed by atoms with Gasteiger partial charge in [0.2, 0.25) is 0 Å². The summed E-state index contributed by atoms with van der Waals surface area (Å²) in [6.45, 7) is 3.54. The van der Waals surface area contributed by atoms with Gasteiger partial charge in [-0.2, -0.15) is 19.6 Å². The zero-order valence-corrected chi connectivity index (χ0v) is 10.00. The van der Waals surface area contributed by atoms with Crippen LogP contribution in [0.4, 0.5) is 13.2 Å². The summed E-state index contributed by atoms with van der Waals surface area (Å²) < 4.78 is 34.4. The zero-order valence-electron chi connectivity index (χ0n) is 6.88. The van der Waals surface area contributed by atoms with Crippen LogP contribution in [0.3, 0.4) is 0 Å². The van der Waals surface area contributed by atoms with Gasteiger partial charge in [0.05, 0.1) is 0 Å². The third kappa shape index (κ3) is 14.3. The fourth-order valence-corrected chi connectivity index (χ4v) is 0.679. The average Bonchev–Trinajstić information content (AvgIpc) is 1.78. The summed E-state index contributed by atoms with van der Waals surface area (Å²) in [5.41, 5.74) is 0. The van der Waals surface area contributed by atoms with E-state index in [1.807, 2.05) is 0 Å². The number of unbranched alkanes of at least 4 members (excludes halogenated alkanes) is 3. The molecule has 62 valence electrons. The second-order valence-electron chi connectivity index (χ2n) is 2.28. The maximum absolute atomic E-state index is 11.5. The standard InChI is InChI=1S/C7H12F3.K/c1-2-3-4-5-6-7(8,9)10;/h1-6H2;/q-1;+1. The number of rotatable bonds is 4. The molecule has 0 spiro atoms. The molecule has 0 radical (unpaired) electrons. The van der Waals surface area contributed by atoms with E-state index in [2.05, 4.69) is 6.92 Å². The van der Waals surface area contributed by atoms with Gasteiger partial charge in [-0.05, 0) is 6.42 Å². The van der Waals surface area contributed by atoms with Crippen LogP contribution in [0.15, 0.2) is 0 Å². The van der Waals surface area contributed by atoms with Gasteiger partial charge in [0.15, 0.2) is 0 Å². The number of hydrogen-bond acceptors (Lipinski definition) is 0. The van der Waals surface area contributed by atoms with Crippen LogP contribution in [0.5, 0.6) is 0 Å². The van der Waals surface area contributed by atoms with Gasteiger partial charge >= 0.3 is 57.6 Å². The Morgan fingerprint density at radius 1 is 1.00 bits per heavy atom. The van der Waals surface area contributed by atoms with Crippen LogP contribution in [-0.4, -0.2) is 6.18 Å². The Bertz CT molecular complexity index is 80.2. The second-order valence-corrected chi connectivity index (χ2v) is 2.28. The van der Waals surface area contributed by atoms with Gasteiger partial charge in [-0.25, -0.2) is 0 Å². The molecule has 0 aliphatic rings. The van der Waals surface area contributed by atoms with Gasteiger partial charge in [0.25, 0.3) is 0 Å². The summed E-state index contributed by atoms with van der Waals surface area (Å²) in [6.07, 6.45) is -2.19. The Morgan fingerprint density at radius 3 is 1.91 bits per heavy atom. The first kappa shape index (κ1) is 14.9. The predicted octanol–water partition coefficient (Wildman–Crippen LogP) is 0.337. The molecular formula is C7H12F3K. The fourth-order valence-electron chi connectivity index (χ4n) is 0.679. The minimum Gasteiger partial charge on any atom is -0.343 e. The number of hydrogen-bond donors (Lipinski definition) is 0. The molecule has 11 heavy (non-hydrogen) atoms. The monoisotopic (exact) mass is 192 g/mol. The van der Waals surface area contributed by atoms with Crippen molar-refractivity contribution in [2.24, 2.45) is 0 Å². The Kier molecular flexibility index (Phi) is 10.9. The SMILES string of the molecule is [CH2-]CCCCCC(F)(F)F.[K+]. The molecule has 0 N–H and O–H groups in total. The molecule has 0 fully saturated rings. The van der Waals surface area contributed by atoms with E-state index in [4.69, 9.17) is 0 Å². The molecule has 0 saturated carbocycles. The molecule has 4 heteroatoms. The third-order valence-corrected chi connectivity index (χ3v) is 1.21. The third-order valence-electron chi connectivity index (χ3n) is 1.21. The van der Waals surface area contributed by atoms with E-state index in [1.54, 1.807) is 0 Å². The Labute approximate surface area is 108 Å². The molecule has 0 saturated heterocycles. The van der Waals surface area contributed by atoms with Crippen LogP contribution in [-0.2, 0) is 0 Å². The molecular weight excluding hydrogens is 180 g/mol. The molecule has 0 aromatic rings. The van der Waals surface area contributed by atoms with E-state index >= 15 is 0 Å². The first-order chi connectivity index (χ1) is 4.56. The largest absolute Gasteiger partial charge is 1.00 e. The number of halogens is 3. The van der Waals surface area contributed by atoms with Crippen molar-refractivity contribution >= 4 is 0 Å². The summed E-state index contributed by atoms with van der Waals surface area (Å²) >= 11 is 0. The molecule has 0 nitrogen and oxygen atoms in total. The molecule has 0 bridgehead atoms. The maximum atomic E-state index is 11.5. The minimum absolute atomic E-state index is 0. The van der Waals surface area contributed by atoms with Gasteiger partial charge in [-0.1, -0.05) is 12.8 Å². The Balaban J connectivity index is 0. The summed E-state index contributed by atoms with van der Waals surface area (Å²) in [6, 6.07) is 0. The van der Waals surface area contributed by atoms with Gasteiger partial charge in [-0.3, -0.25) is 0 Å². The Morgan fingerprint density at radius 2 is 1.55 bits per heavy atom. The van der Waals surface area contributed by atoms with Crippen LogP contribution < -0.4 is 51.4 Å². The smallest absolute Gasteiger partial charge is 0.343 e. The molecule has 0 rings (SSSR count). The predicted molar refractivity (Wildman–Crippen MR) is 34.5 cm³/mol. The topological polar surface area (TPSA) is 0 Å². The van der Waals surface area contributed by atoms with E-state index in [-0.39, 0.29) is 57.8 Å². The molecule has 0 aromatic carbocycles. The summed E-state index contributed by atoms with van der Waals surface area (Å²) in [7, 11) is 0. The molecule has 0 atom stereocenters.